The van der Waals surface area contributed by atoms with Gasteiger partial charge >= 0.3 is 0 Å². The minimum atomic E-state index is -0.199. The molecular formula is C16H21N3O3. The molecule has 1 aromatic carbocycles. The Morgan fingerprint density at radius 3 is 2.36 bits per heavy atom. The molecule has 0 radical (unpaired) electrons. The Labute approximate surface area is 130 Å². The molecule has 22 heavy (non-hydrogen) atoms. The van der Waals surface area contributed by atoms with E-state index in [2.05, 4.69) is 17.2 Å². The van der Waals surface area contributed by atoms with Crippen molar-refractivity contribution in [3.8, 4) is 0 Å². The van der Waals surface area contributed by atoms with Gasteiger partial charge in [0.15, 0.2) is 0 Å². The second-order valence-corrected chi connectivity index (χ2v) is 4.81. The van der Waals surface area contributed by atoms with Crippen molar-refractivity contribution in [3.63, 3.8) is 0 Å². The number of nitrogens with one attached hydrogen (secondary N) is 2. The minimum absolute atomic E-state index is 0.0969. The Morgan fingerprint density at radius 1 is 1.18 bits per heavy atom. The van der Waals surface area contributed by atoms with Crippen LogP contribution in [0, 0.1) is 0 Å². The number of hydrogen-bond donors (Lipinski definition) is 2. The van der Waals surface area contributed by atoms with Gasteiger partial charge in [0.05, 0.1) is 0 Å². The first-order chi connectivity index (χ1) is 10.4. The van der Waals surface area contributed by atoms with Gasteiger partial charge in [-0.3, -0.25) is 14.4 Å². The molecule has 118 valence electrons. The molecule has 3 amide bonds. The molecule has 6 nitrogen and oxygen atoms in total. The van der Waals surface area contributed by atoms with Gasteiger partial charge in [0.1, 0.15) is 0 Å². The predicted octanol–water partition coefficient (Wildman–Crippen LogP) is 2.01. The van der Waals surface area contributed by atoms with Crippen LogP contribution in [0.1, 0.15) is 20.3 Å². The normalized spacial score (nSPS) is 9.73. The summed E-state index contributed by atoms with van der Waals surface area (Å²) in [6, 6.07) is 6.88. The number of carbonyl (C=O) groups is 3. The largest absolute Gasteiger partial charge is 0.339 e. The van der Waals surface area contributed by atoms with E-state index in [0.29, 0.717) is 24.5 Å². The molecule has 0 atom stereocenters. The summed E-state index contributed by atoms with van der Waals surface area (Å²) in [5, 5.41) is 5.38. The number of nitrogens with zero attached hydrogens (tertiary/aromatic N) is 1. The maximum atomic E-state index is 11.9. The maximum Gasteiger partial charge on any atom is 0.226 e. The lowest BCUT2D eigenvalue weighted by Crippen LogP contribution is -2.32. The van der Waals surface area contributed by atoms with Crippen LogP contribution in [0.15, 0.2) is 36.9 Å². The van der Waals surface area contributed by atoms with Crippen molar-refractivity contribution in [1.82, 2.24) is 4.90 Å². The molecule has 0 bridgehead atoms. The lowest BCUT2D eigenvalue weighted by Gasteiger charge is -2.18. The van der Waals surface area contributed by atoms with Crippen molar-refractivity contribution < 1.29 is 14.4 Å². The highest BCUT2D eigenvalue weighted by atomic mass is 16.2. The standard InChI is InChI=1S/C16H21N3O3/c1-4-9-19(13(3)21)10-8-16(22)18-15-7-5-6-14(11-15)17-12(2)20/h4-7,11H,1,8-10H2,2-3H3,(H,17,20)(H,18,22). The molecule has 1 rings (SSSR count). The van der Waals surface area contributed by atoms with Gasteiger partial charge in [-0.05, 0) is 18.2 Å². The second kappa shape index (κ2) is 8.61. The van der Waals surface area contributed by atoms with Crippen LogP contribution in [0.3, 0.4) is 0 Å². The number of rotatable bonds is 7. The van der Waals surface area contributed by atoms with Crippen LogP contribution < -0.4 is 10.6 Å². The lowest BCUT2D eigenvalue weighted by molar-refractivity contribution is -0.128. The Kier molecular flexibility index (Phi) is 6.82. The summed E-state index contributed by atoms with van der Waals surface area (Å²) in [5.74, 6) is -0.472. The van der Waals surface area contributed by atoms with E-state index in [4.69, 9.17) is 0 Å². The molecule has 0 spiro atoms. The molecule has 0 fully saturated rings. The highest BCUT2D eigenvalue weighted by Gasteiger charge is 2.10. The highest BCUT2D eigenvalue weighted by molar-refractivity contribution is 5.93. The summed E-state index contributed by atoms with van der Waals surface area (Å²) >= 11 is 0. The van der Waals surface area contributed by atoms with E-state index in [9.17, 15) is 14.4 Å². The van der Waals surface area contributed by atoms with Gasteiger partial charge in [-0.1, -0.05) is 12.1 Å². The Morgan fingerprint density at radius 2 is 1.82 bits per heavy atom. The van der Waals surface area contributed by atoms with E-state index in [1.807, 2.05) is 0 Å². The van der Waals surface area contributed by atoms with Crippen molar-refractivity contribution in [2.24, 2.45) is 0 Å². The molecule has 0 heterocycles. The molecule has 2 N–H and O–H groups in total. The third-order valence-corrected chi connectivity index (χ3v) is 2.87. The van der Waals surface area contributed by atoms with Gasteiger partial charge in [0.25, 0.3) is 0 Å². The first-order valence-corrected chi connectivity index (χ1v) is 6.96. The van der Waals surface area contributed by atoms with Crippen molar-refractivity contribution in [2.75, 3.05) is 23.7 Å². The first kappa shape index (κ1) is 17.4. The van der Waals surface area contributed by atoms with Crippen LogP contribution in [-0.4, -0.2) is 35.7 Å². The zero-order valence-electron chi connectivity index (χ0n) is 12.9. The summed E-state index contributed by atoms with van der Waals surface area (Å²) in [6.07, 6.45) is 1.81. The summed E-state index contributed by atoms with van der Waals surface area (Å²) in [5.41, 5.74) is 1.21. The Hall–Kier alpha value is -2.63. The molecule has 0 saturated heterocycles. The van der Waals surface area contributed by atoms with Crippen LogP contribution in [0.2, 0.25) is 0 Å². The van der Waals surface area contributed by atoms with Crippen LogP contribution in [-0.2, 0) is 14.4 Å². The fourth-order valence-electron chi connectivity index (χ4n) is 1.87. The van der Waals surface area contributed by atoms with Gasteiger partial charge in [0.2, 0.25) is 17.7 Å². The van der Waals surface area contributed by atoms with Gasteiger partial charge in [-0.15, -0.1) is 6.58 Å². The molecule has 0 unspecified atom stereocenters. The average Bonchev–Trinajstić information content (AvgIpc) is 2.42. The van der Waals surface area contributed by atoms with E-state index < -0.39 is 0 Å². The topological polar surface area (TPSA) is 78.5 Å². The van der Waals surface area contributed by atoms with Gasteiger partial charge < -0.3 is 15.5 Å². The van der Waals surface area contributed by atoms with Crippen molar-refractivity contribution >= 4 is 29.1 Å². The molecule has 1 aromatic rings. The van der Waals surface area contributed by atoms with E-state index in [0.717, 1.165) is 0 Å². The molecule has 0 aromatic heterocycles. The van der Waals surface area contributed by atoms with E-state index in [1.54, 1.807) is 35.2 Å². The zero-order valence-corrected chi connectivity index (χ0v) is 12.9. The highest BCUT2D eigenvalue weighted by Crippen LogP contribution is 2.15. The fraction of sp³-hybridized carbons (Fsp3) is 0.312. The third kappa shape index (κ3) is 6.21. The maximum absolute atomic E-state index is 11.9. The molecule has 0 aliphatic heterocycles. The third-order valence-electron chi connectivity index (χ3n) is 2.87. The Balaban J connectivity index is 2.56. The van der Waals surface area contributed by atoms with Crippen LogP contribution in [0.5, 0.6) is 0 Å². The Bertz CT molecular complexity index is 570. The molecular weight excluding hydrogens is 282 g/mol. The van der Waals surface area contributed by atoms with E-state index in [1.165, 1.54) is 13.8 Å². The van der Waals surface area contributed by atoms with E-state index in [-0.39, 0.29) is 24.1 Å². The number of hydrogen-bond acceptors (Lipinski definition) is 3. The van der Waals surface area contributed by atoms with Crippen molar-refractivity contribution in [1.29, 1.82) is 0 Å². The molecule has 6 heteroatoms. The SMILES string of the molecule is C=CCN(CCC(=O)Nc1cccc(NC(C)=O)c1)C(C)=O. The summed E-state index contributed by atoms with van der Waals surface area (Å²) in [7, 11) is 0. The molecule has 0 aliphatic carbocycles. The van der Waals surface area contributed by atoms with Crippen molar-refractivity contribution in [3.05, 3.63) is 36.9 Å². The second-order valence-electron chi connectivity index (χ2n) is 4.81. The van der Waals surface area contributed by atoms with Crippen LogP contribution >= 0.6 is 0 Å². The summed E-state index contributed by atoms with van der Waals surface area (Å²) in [6.45, 7) is 7.21. The predicted molar refractivity (Wildman–Crippen MR) is 86.4 cm³/mol. The first-order valence-electron chi connectivity index (χ1n) is 6.96. The van der Waals surface area contributed by atoms with Gasteiger partial charge in [-0.2, -0.15) is 0 Å². The fourth-order valence-corrected chi connectivity index (χ4v) is 1.87. The average molecular weight is 303 g/mol. The smallest absolute Gasteiger partial charge is 0.226 e. The van der Waals surface area contributed by atoms with Gasteiger partial charge in [0, 0.05) is 44.7 Å². The number of carbonyl (C=O) groups excluding carboxylic acids is 3. The van der Waals surface area contributed by atoms with E-state index >= 15 is 0 Å². The van der Waals surface area contributed by atoms with Crippen LogP contribution in [0.4, 0.5) is 11.4 Å². The summed E-state index contributed by atoms with van der Waals surface area (Å²) in [4.78, 5) is 35.8. The van der Waals surface area contributed by atoms with Crippen molar-refractivity contribution in [2.45, 2.75) is 20.3 Å². The summed E-state index contributed by atoms with van der Waals surface area (Å²) < 4.78 is 0. The van der Waals surface area contributed by atoms with Gasteiger partial charge in [-0.25, -0.2) is 0 Å². The molecule has 0 aliphatic rings. The zero-order chi connectivity index (χ0) is 16.5. The quantitative estimate of drug-likeness (QED) is 0.756. The molecule has 0 saturated carbocycles. The number of amides is 3. The number of anilines is 2. The minimum Gasteiger partial charge on any atom is -0.339 e. The number of benzene rings is 1. The monoisotopic (exact) mass is 303 g/mol. The lowest BCUT2D eigenvalue weighted by atomic mass is 10.2. The van der Waals surface area contributed by atoms with Crippen LogP contribution in [0.25, 0.3) is 0 Å².